The van der Waals surface area contributed by atoms with Crippen molar-refractivity contribution in [2.24, 2.45) is 0 Å². The first-order valence-corrected chi connectivity index (χ1v) is 9.87. The zero-order valence-corrected chi connectivity index (χ0v) is 14.8. The summed E-state index contributed by atoms with van der Waals surface area (Å²) in [6, 6.07) is 4.91. The molecule has 0 saturated carbocycles. The van der Waals surface area contributed by atoms with Crippen LogP contribution < -0.4 is 0 Å². The molecule has 0 spiro atoms. The maximum atomic E-state index is 12.7. The molecule has 0 aromatic heterocycles. The second-order valence-corrected chi connectivity index (χ2v) is 7.85. The van der Waals surface area contributed by atoms with Crippen molar-refractivity contribution in [2.45, 2.75) is 17.4 Å². The molecule has 0 aliphatic carbocycles. The van der Waals surface area contributed by atoms with E-state index in [1.165, 1.54) is 23.9 Å². The van der Waals surface area contributed by atoms with Gasteiger partial charge in [0.05, 0.1) is 12.0 Å². The largest absolute Gasteiger partial charge is 0.480 e. The molecule has 1 heterocycles. The Morgan fingerprint density at radius 2 is 2.00 bits per heavy atom. The lowest BCUT2D eigenvalue weighted by Crippen LogP contribution is -2.46. The highest BCUT2D eigenvalue weighted by Gasteiger charge is 2.42. The van der Waals surface area contributed by atoms with Crippen LogP contribution in [0.1, 0.15) is 12.0 Å². The number of hydrogen-bond acceptors (Lipinski definition) is 6. The molecule has 1 aliphatic rings. The van der Waals surface area contributed by atoms with Gasteiger partial charge in [0.25, 0.3) is 0 Å². The SMILES string of the molecule is COC(=O)N(C1=Cc2ccccc2S1(=O)=O)[C@@H](CCSC)C(=O)O. The van der Waals surface area contributed by atoms with Gasteiger partial charge in [0.1, 0.15) is 11.1 Å². The number of nitrogens with zero attached hydrogens (tertiary/aromatic N) is 1. The van der Waals surface area contributed by atoms with Crippen molar-refractivity contribution in [1.29, 1.82) is 0 Å². The topological polar surface area (TPSA) is 101 Å². The molecule has 0 radical (unpaired) electrons. The number of benzene rings is 1. The van der Waals surface area contributed by atoms with Crippen LogP contribution in [0.2, 0.25) is 0 Å². The number of carboxylic acid groups (broad SMARTS) is 1. The molecule has 0 fully saturated rings. The molecule has 1 atom stereocenters. The standard InChI is InChI=1S/C15H17NO6S2/c1-22-15(19)16(11(14(17)18)7-8-23-2)13-9-10-5-3-4-6-12(10)24(13,20)21/h3-6,9,11H,7-8H2,1-2H3,(H,17,18)/t11-/m0/s1. The van der Waals surface area contributed by atoms with Crippen LogP contribution in [0.4, 0.5) is 4.79 Å². The molecule has 0 bridgehead atoms. The van der Waals surface area contributed by atoms with Crippen LogP contribution in [-0.4, -0.2) is 55.6 Å². The Morgan fingerprint density at radius 3 is 2.54 bits per heavy atom. The minimum atomic E-state index is -3.99. The van der Waals surface area contributed by atoms with E-state index in [4.69, 9.17) is 0 Å². The molecule has 1 N–H and O–H groups in total. The number of carboxylic acids is 1. The van der Waals surface area contributed by atoms with Crippen molar-refractivity contribution in [3.63, 3.8) is 0 Å². The number of aliphatic carboxylic acids is 1. The van der Waals surface area contributed by atoms with Crippen molar-refractivity contribution < 1.29 is 27.9 Å². The van der Waals surface area contributed by atoms with Crippen LogP contribution in [0.3, 0.4) is 0 Å². The van der Waals surface area contributed by atoms with Gasteiger partial charge in [-0.05, 0) is 36.1 Å². The van der Waals surface area contributed by atoms with Gasteiger partial charge in [-0.25, -0.2) is 18.0 Å². The Kier molecular flexibility index (Phi) is 5.55. The predicted molar refractivity (Wildman–Crippen MR) is 90.3 cm³/mol. The fraction of sp³-hybridized carbons (Fsp3) is 0.333. The maximum Gasteiger partial charge on any atom is 0.415 e. The van der Waals surface area contributed by atoms with Crippen molar-refractivity contribution in [3.8, 4) is 0 Å². The van der Waals surface area contributed by atoms with Crippen LogP contribution >= 0.6 is 11.8 Å². The number of fused-ring (bicyclic) bond motifs is 1. The quantitative estimate of drug-likeness (QED) is 0.816. The van der Waals surface area contributed by atoms with E-state index in [0.717, 1.165) is 7.11 Å². The summed E-state index contributed by atoms with van der Waals surface area (Å²) in [5.74, 6) is -0.841. The lowest BCUT2D eigenvalue weighted by Gasteiger charge is -2.27. The summed E-state index contributed by atoms with van der Waals surface area (Å²) in [5, 5.41) is 9.11. The minimum absolute atomic E-state index is 0.0444. The molecule has 7 nitrogen and oxygen atoms in total. The number of rotatable bonds is 6. The summed E-state index contributed by atoms with van der Waals surface area (Å²) < 4.78 is 30.1. The van der Waals surface area contributed by atoms with Crippen LogP contribution in [0, 0.1) is 0 Å². The molecule has 0 saturated heterocycles. The second-order valence-electron chi connectivity index (χ2n) is 5.00. The van der Waals surface area contributed by atoms with E-state index < -0.39 is 27.9 Å². The van der Waals surface area contributed by atoms with Crippen LogP contribution in [-0.2, 0) is 19.4 Å². The van der Waals surface area contributed by atoms with E-state index in [1.54, 1.807) is 24.5 Å². The molecule has 1 aliphatic heterocycles. The zero-order chi connectivity index (χ0) is 17.9. The van der Waals surface area contributed by atoms with Crippen molar-refractivity contribution in [2.75, 3.05) is 19.1 Å². The Bertz CT molecular complexity index is 787. The van der Waals surface area contributed by atoms with Crippen molar-refractivity contribution in [1.82, 2.24) is 4.90 Å². The Balaban J connectivity index is 2.54. The molecule has 2 rings (SSSR count). The van der Waals surface area contributed by atoms with Gasteiger partial charge < -0.3 is 9.84 Å². The summed E-state index contributed by atoms with van der Waals surface area (Å²) in [6.07, 6.45) is 2.17. The third kappa shape index (κ3) is 3.27. The summed E-state index contributed by atoms with van der Waals surface area (Å²) in [5.41, 5.74) is 0.412. The fourth-order valence-electron chi connectivity index (χ4n) is 2.43. The fourth-order valence-corrected chi connectivity index (χ4v) is 4.55. The zero-order valence-electron chi connectivity index (χ0n) is 13.1. The molecule has 24 heavy (non-hydrogen) atoms. The van der Waals surface area contributed by atoms with E-state index in [1.807, 2.05) is 0 Å². The van der Waals surface area contributed by atoms with E-state index in [2.05, 4.69) is 4.74 Å². The normalized spacial score (nSPS) is 16.0. The van der Waals surface area contributed by atoms with Gasteiger partial charge in [0, 0.05) is 0 Å². The maximum absolute atomic E-state index is 12.7. The third-order valence-corrected chi connectivity index (χ3v) is 6.02. The minimum Gasteiger partial charge on any atom is -0.480 e. The number of carbonyl (C=O) groups excluding carboxylic acids is 1. The number of sulfone groups is 1. The molecule has 130 valence electrons. The third-order valence-electron chi connectivity index (χ3n) is 3.56. The van der Waals surface area contributed by atoms with Crippen LogP contribution in [0.15, 0.2) is 34.2 Å². The number of carbonyl (C=O) groups is 2. The monoisotopic (exact) mass is 371 g/mol. The van der Waals surface area contributed by atoms with Gasteiger partial charge in [0.15, 0.2) is 0 Å². The van der Waals surface area contributed by atoms with Gasteiger partial charge in [-0.3, -0.25) is 4.90 Å². The molecule has 1 amide bonds. The summed E-state index contributed by atoms with van der Waals surface area (Å²) in [7, 11) is -2.91. The number of hydrogen-bond donors (Lipinski definition) is 1. The lowest BCUT2D eigenvalue weighted by atomic mass is 10.2. The average Bonchev–Trinajstić information content (AvgIpc) is 2.82. The Hall–Kier alpha value is -2.00. The van der Waals surface area contributed by atoms with E-state index >= 15 is 0 Å². The molecular formula is C15H17NO6S2. The van der Waals surface area contributed by atoms with Crippen molar-refractivity contribution in [3.05, 3.63) is 34.9 Å². The second kappa shape index (κ2) is 7.27. The number of ether oxygens (including phenoxy) is 1. The molecule has 1 aromatic rings. The number of amides is 1. The highest BCUT2D eigenvalue weighted by atomic mass is 32.2. The molecule has 1 aromatic carbocycles. The molecule has 0 unspecified atom stereocenters. The lowest BCUT2D eigenvalue weighted by molar-refractivity contribution is -0.141. The summed E-state index contributed by atoms with van der Waals surface area (Å²) >= 11 is 1.40. The molecular weight excluding hydrogens is 354 g/mol. The number of methoxy groups -OCH3 is 1. The highest BCUT2D eigenvalue weighted by molar-refractivity contribution is 7.98. The van der Waals surface area contributed by atoms with E-state index in [9.17, 15) is 23.1 Å². The van der Waals surface area contributed by atoms with Gasteiger partial charge in [-0.2, -0.15) is 11.8 Å². The van der Waals surface area contributed by atoms with Gasteiger partial charge >= 0.3 is 12.1 Å². The highest BCUT2D eigenvalue weighted by Crippen LogP contribution is 2.36. The predicted octanol–water partition coefficient (Wildman–Crippen LogP) is 2.05. The Morgan fingerprint density at radius 1 is 1.33 bits per heavy atom. The van der Waals surface area contributed by atoms with Gasteiger partial charge in [-0.1, -0.05) is 18.2 Å². The van der Waals surface area contributed by atoms with Crippen molar-refractivity contribution >= 4 is 39.7 Å². The average molecular weight is 371 g/mol. The first kappa shape index (κ1) is 18.3. The summed E-state index contributed by atoms with van der Waals surface area (Å²) in [4.78, 5) is 24.6. The van der Waals surface area contributed by atoms with E-state index in [0.29, 0.717) is 16.2 Å². The smallest absolute Gasteiger partial charge is 0.415 e. The summed E-state index contributed by atoms with van der Waals surface area (Å²) in [6.45, 7) is 0. The molecule has 9 heteroatoms. The number of thioether (sulfide) groups is 1. The first-order chi connectivity index (χ1) is 11.3. The first-order valence-electron chi connectivity index (χ1n) is 6.99. The van der Waals surface area contributed by atoms with Crippen LogP contribution in [0.25, 0.3) is 6.08 Å². The van der Waals surface area contributed by atoms with Gasteiger partial charge in [0.2, 0.25) is 9.84 Å². The van der Waals surface area contributed by atoms with Gasteiger partial charge in [-0.15, -0.1) is 0 Å². The van der Waals surface area contributed by atoms with E-state index in [-0.39, 0.29) is 16.3 Å². The Labute approximate surface area is 144 Å². The van der Waals surface area contributed by atoms with Crippen LogP contribution in [0.5, 0.6) is 0 Å².